The summed E-state index contributed by atoms with van der Waals surface area (Å²) in [6.45, 7) is 1.65. The van der Waals surface area contributed by atoms with Crippen molar-refractivity contribution < 1.29 is 4.74 Å². The summed E-state index contributed by atoms with van der Waals surface area (Å²) in [7, 11) is 0. The van der Waals surface area contributed by atoms with Crippen LogP contribution in [0.5, 0.6) is 5.75 Å². The molecule has 0 bridgehead atoms. The quantitative estimate of drug-likeness (QED) is 0.835. The average Bonchev–Trinajstić information content (AvgIpc) is 3.21. The van der Waals surface area contributed by atoms with Gasteiger partial charge in [-0.2, -0.15) is 0 Å². The Hall–Kier alpha value is -1.37. The molecule has 1 aromatic heterocycles. The Kier molecular flexibility index (Phi) is 2.51. The molecular formula is C15H18N4OS. The molecule has 1 aliphatic carbocycles. The minimum Gasteiger partial charge on any atom is -0.493 e. The predicted molar refractivity (Wildman–Crippen MR) is 84.1 cm³/mol. The largest absolute Gasteiger partial charge is 0.493 e. The van der Waals surface area contributed by atoms with Gasteiger partial charge in [0.05, 0.1) is 23.5 Å². The third-order valence-corrected chi connectivity index (χ3v) is 6.09. The zero-order valence-electron chi connectivity index (χ0n) is 11.7. The van der Waals surface area contributed by atoms with Gasteiger partial charge >= 0.3 is 0 Å². The van der Waals surface area contributed by atoms with Crippen LogP contribution in [0.15, 0.2) is 12.1 Å². The molecule has 0 unspecified atom stereocenters. The summed E-state index contributed by atoms with van der Waals surface area (Å²) in [5.74, 6) is 1.01. The predicted octanol–water partition coefficient (Wildman–Crippen LogP) is 1.46. The van der Waals surface area contributed by atoms with Crippen molar-refractivity contribution in [2.24, 2.45) is 5.73 Å². The van der Waals surface area contributed by atoms with Gasteiger partial charge in [0.15, 0.2) is 5.13 Å². The number of benzene rings is 1. The van der Waals surface area contributed by atoms with E-state index in [2.05, 4.69) is 22.3 Å². The van der Waals surface area contributed by atoms with Crippen LogP contribution < -0.4 is 20.7 Å². The Morgan fingerprint density at radius 2 is 2.33 bits per heavy atom. The Morgan fingerprint density at radius 3 is 3.29 bits per heavy atom. The van der Waals surface area contributed by atoms with Crippen molar-refractivity contribution >= 4 is 26.7 Å². The van der Waals surface area contributed by atoms with Crippen molar-refractivity contribution in [3.05, 3.63) is 17.7 Å². The molecule has 1 saturated carbocycles. The molecule has 3 heterocycles. The summed E-state index contributed by atoms with van der Waals surface area (Å²) in [6.07, 6.45) is 3.24. The summed E-state index contributed by atoms with van der Waals surface area (Å²) in [5.41, 5.74) is 8.60. The molecule has 2 fully saturated rings. The first-order valence-corrected chi connectivity index (χ1v) is 8.44. The third-order valence-electron chi connectivity index (χ3n) is 5.04. The van der Waals surface area contributed by atoms with E-state index < -0.39 is 0 Å². The normalized spacial score (nSPS) is 30.7. The molecule has 5 nitrogen and oxygen atoms in total. The molecule has 5 rings (SSSR count). The van der Waals surface area contributed by atoms with E-state index in [1.165, 1.54) is 10.3 Å². The highest BCUT2D eigenvalue weighted by atomic mass is 32.1. The monoisotopic (exact) mass is 302 g/mol. The zero-order chi connectivity index (χ0) is 14.0. The van der Waals surface area contributed by atoms with Crippen molar-refractivity contribution in [2.75, 3.05) is 18.2 Å². The van der Waals surface area contributed by atoms with E-state index in [1.807, 2.05) is 0 Å². The fourth-order valence-electron chi connectivity index (χ4n) is 3.96. The van der Waals surface area contributed by atoms with Crippen molar-refractivity contribution in [3.63, 3.8) is 0 Å². The summed E-state index contributed by atoms with van der Waals surface area (Å²) in [6, 6.07) is 5.44. The Balaban J connectivity index is 1.57. The lowest BCUT2D eigenvalue weighted by molar-refractivity contribution is 0.357. The lowest BCUT2D eigenvalue weighted by Gasteiger charge is -2.21. The summed E-state index contributed by atoms with van der Waals surface area (Å²) in [4.78, 5) is 7.34. The number of ether oxygens (including phenoxy) is 1. The highest BCUT2D eigenvalue weighted by Gasteiger charge is 2.43. The summed E-state index contributed by atoms with van der Waals surface area (Å²) < 4.78 is 6.91. The molecule has 2 aliphatic heterocycles. The molecule has 0 spiro atoms. The van der Waals surface area contributed by atoms with Gasteiger partial charge in [-0.15, -0.1) is 0 Å². The van der Waals surface area contributed by atoms with Crippen LogP contribution in [0.3, 0.4) is 0 Å². The van der Waals surface area contributed by atoms with Gasteiger partial charge in [0, 0.05) is 30.1 Å². The molecular weight excluding hydrogens is 284 g/mol. The van der Waals surface area contributed by atoms with Crippen LogP contribution in [0.25, 0.3) is 10.2 Å². The van der Waals surface area contributed by atoms with Crippen molar-refractivity contribution in [1.29, 1.82) is 0 Å². The number of fused-ring (bicyclic) bond motifs is 4. The minimum atomic E-state index is 0.284. The van der Waals surface area contributed by atoms with E-state index in [-0.39, 0.29) is 6.04 Å². The number of nitrogens with one attached hydrogen (secondary N) is 1. The summed E-state index contributed by atoms with van der Waals surface area (Å²) in [5, 5.41) is 4.68. The second-order valence-electron chi connectivity index (χ2n) is 6.15. The van der Waals surface area contributed by atoms with E-state index >= 15 is 0 Å². The minimum absolute atomic E-state index is 0.284. The Labute approximate surface area is 127 Å². The molecule has 6 heteroatoms. The number of nitrogens with zero attached hydrogens (tertiary/aromatic N) is 2. The van der Waals surface area contributed by atoms with Gasteiger partial charge in [0.2, 0.25) is 0 Å². The van der Waals surface area contributed by atoms with Crippen LogP contribution >= 0.6 is 11.3 Å². The van der Waals surface area contributed by atoms with Gasteiger partial charge < -0.3 is 15.4 Å². The van der Waals surface area contributed by atoms with Crippen molar-refractivity contribution in [3.8, 4) is 5.75 Å². The zero-order valence-corrected chi connectivity index (χ0v) is 12.5. The SMILES string of the molecule is N[C@@H]1CC[C@@H]2[C@H]1NCN2c1nc2c3c(ccc2s1)OCC3. The number of rotatable bonds is 1. The van der Waals surface area contributed by atoms with Crippen LogP contribution in [0.4, 0.5) is 5.13 Å². The van der Waals surface area contributed by atoms with Crippen LogP contribution in [-0.2, 0) is 6.42 Å². The molecule has 3 atom stereocenters. The molecule has 2 aromatic rings. The van der Waals surface area contributed by atoms with Gasteiger partial charge in [0.25, 0.3) is 0 Å². The highest BCUT2D eigenvalue weighted by molar-refractivity contribution is 7.22. The van der Waals surface area contributed by atoms with E-state index in [0.29, 0.717) is 12.1 Å². The van der Waals surface area contributed by atoms with Crippen LogP contribution in [0, 0.1) is 0 Å². The van der Waals surface area contributed by atoms with Crippen molar-refractivity contribution in [2.45, 2.75) is 37.4 Å². The molecule has 3 aliphatic rings. The maximum Gasteiger partial charge on any atom is 0.187 e. The van der Waals surface area contributed by atoms with Gasteiger partial charge in [0.1, 0.15) is 5.75 Å². The first-order valence-electron chi connectivity index (χ1n) is 7.62. The highest BCUT2D eigenvalue weighted by Crippen LogP contribution is 2.40. The van der Waals surface area contributed by atoms with E-state index in [4.69, 9.17) is 15.5 Å². The van der Waals surface area contributed by atoms with E-state index in [0.717, 1.165) is 48.9 Å². The molecule has 3 N–H and O–H groups in total. The second kappa shape index (κ2) is 4.32. The van der Waals surface area contributed by atoms with Crippen molar-refractivity contribution in [1.82, 2.24) is 10.3 Å². The fraction of sp³-hybridized carbons (Fsp3) is 0.533. The topological polar surface area (TPSA) is 63.4 Å². The van der Waals surface area contributed by atoms with E-state index in [1.54, 1.807) is 11.3 Å². The third kappa shape index (κ3) is 1.66. The van der Waals surface area contributed by atoms with E-state index in [9.17, 15) is 0 Å². The Bertz CT molecular complexity index is 715. The molecule has 110 valence electrons. The number of nitrogens with two attached hydrogens (primary N) is 1. The lowest BCUT2D eigenvalue weighted by Crippen LogP contribution is -2.41. The molecule has 0 radical (unpaired) electrons. The first-order chi connectivity index (χ1) is 10.3. The number of thiazole rings is 1. The molecule has 0 amide bonds. The first kappa shape index (κ1) is 12.2. The lowest BCUT2D eigenvalue weighted by atomic mass is 10.1. The maximum absolute atomic E-state index is 6.19. The fourth-order valence-corrected chi connectivity index (χ4v) is 5.01. The Morgan fingerprint density at radius 1 is 1.38 bits per heavy atom. The van der Waals surface area contributed by atoms with Gasteiger partial charge in [-0.05, 0) is 25.0 Å². The average molecular weight is 302 g/mol. The van der Waals surface area contributed by atoms with Gasteiger partial charge in [-0.25, -0.2) is 4.98 Å². The number of hydrogen-bond donors (Lipinski definition) is 2. The smallest absolute Gasteiger partial charge is 0.187 e. The number of anilines is 1. The molecule has 21 heavy (non-hydrogen) atoms. The van der Waals surface area contributed by atoms with Crippen LogP contribution in [0.2, 0.25) is 0 Å². The second-order valence-corrected chi connectivity index (χ2v) is 7.16. The molecule has 1 saturated heterocycles. The molecule has 1 aromatic carbocycles. The standard InChI is InChI=1S/C15H18N4OS/c16-9-1-2-10-14(9)17-7-19(10)15-18-13-8-5-6-20-11(8)3-4-12(13)21-15/h3-4,9-10,14,17H,1-2,5-7,16H2/t9-,10-,14+/m1/s1. The van der Waals surface area contributed by atoms with Gasteiger partial charge in [-0.3, -0.25) is 5.32 Å². The number of hydrogen-bond acceptors (Lipinski definition) is 6. The van der Waals surface area contributed by atoms with Gasteiger partial charge in [-0.1, -0.05) is 11.3 Å². The number of aromatic nitrogens is 1. The van der Waals surface area contributed by atoms with Crippen LogP contribution in [0.1, 0.15) is 18.4 Å². The summed E-state index contributed by atoms with van der Waals surface area (Å²) >= 11 is 1.79. The van der Waals surface area contributed by atoms with Crippen LogP contribution in [-0.4, -0.2) is 36.4 Å². The maximum atomic E-state index is 6.19.